The van der Waals surface area contributed by atoms with E-state index in [-0.39, 0.29) is 11.7 Å². The molecule has 1 N–H and O–H groups in total. The third-order valence-corrected chi connectivity index (χ3v) is 4.16. The molecule has 0 radical (unpaired) electrons. The lowest BCUT2D eigenvalue weighted by atomic mass is 10.2. The van der Waals surface area contributed by atoms with Crippen molar-refractivity contribution in [3.05, 3.63) is 60.2 Å². The van der Waals surface area contributed by atoms with Gasteiger partial charge in [-0.1, -0.05) is 30.3 Å². The first-order valence-corrected chi connectivity index (χ1v) is 8.50. The van der Waals surface area contributed by atoms with Gasteiger partial charge in [-0.2, -0.15) is 8.78 Å². The third-order valence-electron chi connectivity index (χ3n) is 4.16. The molecule has 3 rings (SSSR count). The molecule has 0 bridgehead atoms. The summed E-state index contributed by atoms with van der Waals surface area (Å²) in [6.45, 7) is -0.965. The van der Waals surface area contributed by atoms with Crippen LogP contribution >= 0.6 is 0 Å². The SMILES string of the molecule is O=C(/C=C/c1ccccc1OC(F)F)Nc1ccccc1N1CCCC1. The molecule has 0 saturated carbocycles. The molecule has 0 aliphatic carbocycles. The zero-order valence-corrected chi connectivity index (χ0v) is 14.2. The highest BCUT2D eigenvalue weighted by Gasteiger charge is 2.16. The van der Waals surface area contributed by atoms with Gasteiger partial charge in [0.25, 0.3) is 0 Å². The van der Waals surface area contributed by atoms with Crippen LogP contribution in [-0.2, 0) is 4.79 Å². The number of carbonyl (C=O) groups excluding carboxylic acids is 1. The highest BCUT2D eigenvalue weighted by atomic mass is 19.3. The molecule has 26 heavy (non-hydrogen) atoms. The Morgan fingerprint density at radius 3 is 2.54 bits per heavy atom. The van der Waals surface area contributed by atoms with Gasteiger partial charge in [-0.15, -0.1) is 0 Å². The van der Waals surface area contributed by atoms with Gasteiger partial charge in [-0.25, -0.2) is 0 Å². The van der Waals surface area contributed by atoms with E-state index in [1.54, 1.807) is 18.2 Å². The Balaban J connectivity index is 1.71. The fourth-order valence-corrected chi connectivity index (χ4v) is 2.97. The molecule has 2 aromatic rings. The van der Waals surface area contributed by atoms with Crippen molar-refractivity contribution in [3.8, 4) is 5.75 Å². The van der Waals surface area contributed by atoms with Gasteiger partial charge in [0, 0.05) is 24.7 Å². The molecule has 1 fully saturated rings. The standard InChI is InChI=1S/C20H20F2N2O2/c21-20(22)26-18-10-4-1-7-15(18)11-12-19(25)23-16-8-2-3-9-17(16)24-13-5-6-14-24/h1-4,7-12,20H,5-6,13-14H2,(H,23,25)/b12-11+. The lowest BCUT2D eigenvalue weighted by Crippen LogP contribution is -2.20. The zero-order chi connectivity index (χ0) is 18.4. The van der Waals surface area contributed by atoms with E-state index in [1.165, 1.54) is 18.2 Å². The van der Waals surface area contributed by atoms with E-state index in [4.69, 9.17) is 0 Å². The second kappa shape index (κ2) is 8.47. The highest BCUT2D eigenvalue weighted by molar-refractivity contribution is 6.04. The van der Waals surface area contributed by atoms with Gasteiger partial charge in [0.15, 0.2) is 0 Å². The van der Waals surface area contributed by atoms with Gasteiger partial charge in [-0.05, 0) is 37.1 Å². The van der Waals surface area contributed by atoms with Crippen molar-refractivity contribution in [1.82, 2.24) is 0 Å². The lowest BCUT2D eigenvalue weighted by Gasteiger charge is -2.21. The Labute approximate surface area is 151 Å². The van der Waals surface area contributed by atoms with Crippen molar-refractivity contribution in [2.45, 2.75) is 19.5 Å². The summed E-state index contributed by atoms with van der Waals surface area (Å²) >= 11 is 0. The molecule has 2 aromatic carbocycles. The number of ether oxygens (including phenoxy) is 1. The average Bonchev–Trinajstić information content (AvgIpc) is 3.15. The average molecular weight is 358 g/mol. The number of hydrogen-bond acceptors (Lipinski definition) is 3. The first-order chi connectivity index (χ1) is 12.6. The summed E-state index contributed by atoms with van der Waals surface area (Å²) in [7, 11) is 0. The molecule has 0 spiro atoms. The predicted molar refractivity (Wildman–Crippen MR) is 98.6 cm³/mol. The van der Waals surface area contributed by atoms with Crippen LogP contribution in [0.4, 0.5) is 20.2 Å². The summed E-state index contributed by atoms with van der Waals surface area (Å²) in [5.74, 6) is -0.299. The quantitative estimate of drug-likeness (QED) is 0.771. The maximum absolute atomic E-state index is 12.4. The van der Waals surface area contributed by atoms with E-state index in [0.717, 1.165) is 37.3 Å². The summed E-state index contributed by atoms with van der Waals surface area (Å²) in [6, 6.07) is 14.0. The zero-order valence-electron chi connectivity index (χ0n) is 14.2. The number of anilines is 2. The maximum atomic E-state index is 12.4. The van der Waals surface area contributed by atoms with Crippen LogP contribution in [0.2, 0.25) is 0 Å². The Morgan fingerprint density at radius 1 is 1.08 bits per heavy atom. The number of nitrogens with zero attached hydrogens (tertiary/aromatic N) is 1. The topological polar surface area (TPSA) is 41.6 Å². The van der Waals surface area contributed by atoms with Crippen LogP contribution in [0.25, 0.3) is 6.08 Å². The van der Waals surface area contributed by atoms with Crippen molar-refractivity contribution < 1.29 is 18.3 Å². The van der Waals surface area contributed by atoms with Crippen LogP contribution in [-0.4, -0.2) is 25.6 Å². The van der Waals surface area contributed by atoms with Crippen LogP contribution in [0.1, 0.15) is 18.4 Å². The van der Waals surface area contributed by atoms with E-state index < -0.39 is 6.61 Å². The summed E-state index contributed by atoms with van der Waals surface area (Å²) in [5.41, 5.74) is 2.14. The van der Waals surface area contributed by atoms with Gasteiger partial charge in [0.05, 0.1) is 11.4 Å². The molecule has 1 aliphatic rings. The Bertz CT molecular complexity index is 787. The second-order valence-corrected chi connectivity index (χ2v) is 5.95. The van der Waals surface area contributed by atoms with E-state index in [9.17, 15) is 13.6 Å². The monoisotopic (exact) mass is 358 g/mol. The van der Waals surface area contributed by atoms with Crippen molar-refractivity contribution in [2.75, 3.05) is 23.3 Å². The molecular weight excluding hydrogens is 338 g/mol. The van der Waals surface area contributed by atoms with E-state index in [1.807, 2.05) is 24.3 Å². The van der Waals surface area contributed by atoms with Crippen molar-refractivity contribution in [3.63, 3.8) is 0 Å². The van der Waals surface area contributed by atoms with Gasteiger partial charge in [0.2, 0.25) is 5.91 Å². The number of halogens is 2. The Kier molecular flexibility index (Phi) is 5.84. The molecule has 0 unspecified atom stereocenters. The molecule has 136 valence electrons. The van der Waals surface area contributed by atoms with E-state index >= 15 is 0 Å². The predicted octanol–water partition coefficient (Wildman–Crippen LogP) is 4.54. The first kappa shape index (κ1) is 17.9. The molecule has 1 heterocycles. The normalized spacial score (nSPS) is 14.2. The van der Waals surface area contributed by atoms with Crippen molar-refractivity contribution >= 4 is 23.4 Å². The smallest absolute Gasteiger partial charge is 0.387 e. The first-order valence-electron chi connectivity index (χ1n) is 8.50. The molecule has 0 atom stereocenters. The second-order valence-electron chi connectivity index (χ2n) is 5.95. The highest BCUT2D eigenvalue weighted by Crippen LogP contribution is 2.28. The van der Waals surface area contributed by atoms with Crippen molar-refractivity contribution in [1.29, 1.82) is 0 Å². The fraction of sp³-hybridized carbons (Fsp3) is 0.250. The number of carbonyl (C=O) groups is 1. The minimum absolute atomic E-state index is 0.0315. The number of nitrogens with one attached hydrogen (secondary N) is 1. The molecule has 1 aliphatic heterocycles. The number of amides is 1. The third kappa shape index (κ3) is 4.59. The summed E-state index contributed by atoms with van der Waals surface area (Å²) in [5, 5.41) is 2.86. The number of para-hydroxylation sites is 3. The minimum atomic E-state index is -2.91. The maximum Gasteiger partial charge on any atom is 0.387 e. The summed E-state index contributed by atoms with van der Waals surface area (Å²) in [4.78, 5) is 14.5. The number of benzene rings is 2. The van der Waals surface area contributed by atoms with Crippen LogP contribution in [0.5, 0.6) is 5.75 Å². The molecule has 1 amide bonds. The van der Waals surface area contributed by atoms with Crippen molar-refractivity contribution in [2.24, 2.45) is 0 Å². The van der Waals surface area contributed by atoms with E-state index in [2.05, 4.69) is 15.0 Å². The fourth-order valence-electron chi connectivity index (χ4n) is 2.97. The van der Waals surface area contributed by atoms with Gasteiger partial charge in [0.1, 0.15) is 5.75 Å². The molecule has 0 aromatic heterocycles. The molecule has 6 heteroatoms. The van der Waals surface area contributed by atoms with Gasteiger partial charge >= 0.3 is 6.61 Å². The van der Waals surface area contributed by atoms with Gasteiger partial charge < -0.3 is 15.0 Å². The largest absolute Gasteiger partial charge is 0.434 e. The number of alkyl halides is 2. The molecular formula is C20H20F2N2O2. The van der Waals surface area contributed by atoms with Crippen LogP contribution in [0.3, 0.4) is 0 Å². The molecule has 1 saturated heterocycles. The number of hydrogen-bond donors (Lipinski definition) is 1. The minimum Gasteiger partial charge on any atom is -0.434 e. The van der Waals surface area contributed by atoms with Gasteiger partial charge in [-0.3, -0.25) is 4.79 Å². The lowest BCUT2D eigenvalue weighted by molar-refractivity contribution is -0.111. The van der Waals surface area contributed by atoms with Crippen LogP contribution in [0.15, 0.2) is 54.6 Å². The van der Waals surface area contributed by atoms with E-state index in [0.29, 0.717) is 5.56 Å². The summed E-state index contributed by atoms with van der Waals surface area (Å²) < 4.78 is 29.4. The number of rotatable bonds is 6. The Morgan fingerprint density at radius 2 is 1.77 bits per heavy atom. The van der Waals surface area contributed by atoms with Crippen LogP contribution in [0, 0.1) is 0 Å². The molecule has 4 nitrogen and oxygen atoms in total. The Hall–Kier alpha value is -2.89. The van der Waals surface area contributed by atoms with Crippen LogP contribution < -0.4 is 15.0 Å². The summed E-state index contributed by atoms with van der Waals surface area (Å²) in [6.07, 6.45) is 5.06.